The summed E-state index contributed by atoms with van der Waals surface area (Å²) in [6, 6.07) is 19.3. The van der Waals surface area contributed by atoms with Gasteiger partial charge in [0, 0.05) is 12.7 Å². The third kappa shape index (κ3) is 3.48. The van der Waals surface area contributed by atoms with E-state index in [1.165, 1.54) is 6.20 Å². The smallest absolute Gasteiger partial charge is 0.295 e. The molecule has 10 heteroatoms. The van der Waals surface area contributed by atoms with E-state index in [2.05, 4.69) is 30.4 Å². The van der Waals surface area contributed by atoms with Crippen LogP contribution in [0.1, 0.15) is 5.56 Å². The number of benzene rings is 2. The molecule has 0 amide bonds. The van der Waals surface area contributed by atoms with Gasteiger partial charge in [-0.05, 0) is 35.9 Å². The summed E-state index contributed by atoms with van der Waals surface area (Å²) in [4.78, 5) is 29.3. The van der Waals surface area contributed by atoms with E-state index in [-0.39, 0.29) is 5.02 Å². The first-order valence-electron chi connectivity index (χ1n) is 10.5. The quantitative estimate of drug-likeness (QED) is 0.394. The molecule has 34 heavy (non-hydrogen) atoms. The van der Waals surface area contributed by atoms with Crippen LogP contribution in [0.3, 0.4) is 0 Å². The van der Waals surface area contributed by atoms with E-state index in [1.54, 1.807) is 12.5 Å². The number of aromatic amines is 1. The maximum atomic E-state index is 12.8. The van der Waals surface area contributed by atoms with Crippen molar-refractivity contribution in [1.29, 1.82) is 0 Å². The summed E-state index contributed by atoms with van der Waals surface area (Å²) in [5, 5.41) is 7.43. The minimum atomic E-state index is -0.466. The standard InChI is InChI=1S/C24H17ClN8O/c25-22-19(13-29-33(23(22)34)24-30-16-5-1-2-6-17(16)31-24)26-11-15-9-10-21(27-12-15)32-14-28-18-7-3-4-8-20(18)32/h1-10,12-14,26H,11H2,(H,30,31). The fourth-order valence-electron chi connectivity index (χ4n) is 3.75. The van der Waals surface area contributed by atoms with Gasteiger partial charge >= 0.3 is 0 Å². The maximum Gasteiger partial charge on any atom is 0.295 e. The lowest BCUT2D eigenvalue weighted by Crippen LogP contribution is -2.23. The predicted octanol–water partition coefficient (Wildman–Crippen LogP) is 4.11. The number of nitrogens with zero attached hydrogens (tertiary/aromatic N) is 6. The topological polar surface area (TPSA) is 106 Å². The molecule has 9 nitrogen and oxygen atoms in total. The van der Waals surface area contributed by atoms with Crippen molar-refractivity contribution < 1.29 is 0 Å². The number of halogens is 1. The highest BCUT2D eigenvalue weighted by molar-refractivity contribution is 6.32. The van der Waals surface area contributed by atoms with Crippen molar-refractivity contribution in [2.45, 2.75) is 6.54 Å². The average molecular weight is 469 g/mol. The van der Waals surface area contributed by atoms with E-state index < -0.39 is 5.56 Å². The molecule has 0 aliphatic rings. The molecular formula is C24H17ClN8O. The molecule has 0 atom stereocenters. The zero-order valence-electron chi connectivity index (χ0n) is 17.7. The fraction of sp³-hybridized carbons (Fsp3) is 0.0417. The second kappa shape index (κ2) is 8.13. The lowest BCUT2D eigenvalue weighted by atomic mass is 10.2. The van der Waals surface area contributed by atoms with Crippen molar-refractivity contribution in [3.05, 3.63) is 100 Å². The number of rotatable bonds is 5. The third-order valence-electron chi connectivity index (χ3n) is 5.49. The second-order valence-corrected chi connectivity index (χ2v) is 8.03. The highest BCUT2D eigenvalue weighted by atomic mass is 35.5. The highest BCUT2D eigenvalue weighted by Crippen LogP contribution is 2.20. The third-order valence-corrected chi connectivity index (χ3v) is 5.85. The highest BCUT2D eigenvalue weighted by Gasteiger charge is 2.13. The van der Waals surface area contributed by atoms with E-state index in [9.17, 15) is 4.79 Å². The van der Waals surface area contributed by atoms with Crippen molar-refractivity contribution in [2.75, 3.05) is 5.32 Å². The molecule has 0 bridgehead atoms. The molecule has 4 heterocycles. The molecule has 0 saturated carbocycles. The summed E-state index contributed by atoms with van der Waals surface area (Å²) >= 11 is 6.36. The summed E-state index contributed by atoms with van der Waals surface area (Å²) in [6.07, 6.45) is 5.04. The van der Waals surface area contributed by atoms with Crippen LogP contribution in [-0.4, -0.2) is 34.3 Å². The first kappa shape index (κ1) is 20.1. The van der Waals surface area contributed by atoms with Crippen LogP contribution in [0, 0.1) is 0 Å². The van der Waals surface area contributed by atoms with Crippen LogP contribution in [0.25, 0.3) is 33.8 Å². The van der Waals surface area contributed by atoms with Gasteiger partial charge in [-0.1, -0.05) is 41.9 Å². The van der Waals surface area contributed by atoms with Gasteiger partial charge < -0.3 is 10.3 Å². The number of para-hydroxylation sites is 4. The van der Waals surface area contributed by atoms with Crippen LogP contribution in [0.4, 0.5) is 5.69 Å². The molecule has 2 aromatic carbocycles. The fourth-order valence-corrected chi connectivity index (χ4v) is 3.94. The molecule has 0 aliphatic heterocycles. The van der Waals surface area contributed by atoms with Crippen molar-refractivity contribution >= 4 is 39.4 Å². The summed E-state index contributed by atoms with van der Waals surface area (Å²) in [5.41, 5.74) is 4.34. The minimum Gasteiger partial charge on any atom is -0.378 e. The van der Waals surface area contributed by atoms with Crippen LogP contribution in [0.15, 0.2) is 84.2 Å². The van der Waals surface area contributed by atoms with Crippen molar-refractivity contribution in [3.63, 3.8) is 0 Å². The first-order chi connectivity index (χ1) is 16.7. The van der Waals surface area contributed by atoms with Gasteiger partial charge in [0.1, 0.15) is 17.2 Å². The zero-order chi connectivity index (χ0) is 23.1. The van der Waals surface area contributed by atoms with Crippen molar-refractivity contribution in [2.24, 2.45) is 0 Å². The Labute approximate surface area is 197 Å². The van der Waals surface area contributed by atoms with Crippen molar-refractivity contribution in [1.82, 2.24) is 34.3 Å². The van der Waals surface area contributed by atoms with Gasteiger partial charge in [-0.2, -0.15) is 9.78 Å². The molecule has 6 rings (SSSR count). The zero-order valence-corrected chi connectivity index (χ0v) is 18.4. The van der Waals surface area contributed by atoms with Gasteiger partial charge in [-0.3, -0.25) is 9.36 Å². The number of aromatic nitrogens is 7. The van der Waals surface area contributed by atoms with Crippen LogP contribution in [0.5, 0.6) is 0 Å². The Kier molecular flexibility index (Phi) is 4.81. The first-order valence-corrected chi connectivity index (χ1v) is 10.9. The van der Waals surface area contributed by atoms with Crippen molar-refractivity contribution in [3.8, 4) is 11.8 Å². The SMILES string of the molecule is O=c1c(Cl)c(NCc2ccc(-n3cnc4ccccc43)nc2)cnn1-c1nc2ccccc2[nH]1. The van der Waals surface area contributed by atoms with Gasteiger partial charge in [-0.15, -0.1) is 0 Å². The number of nitrogens with one attached hydrogen (secondary N) is 2. The summed E-state index contributed by atoms with van der Waals surface area (Å²) < 4.78 is 3.09. The normalized spacial score (nSPS) is 11.3. The molecule has 4 aromatic heterocycles. The molecule has 0 spiro atoms. The molecule has 0 unspecified atom stereocenters. The molecule has 0 aliphatic carbocycles. The van der Waals surface area contributed by atoms with E-state index in [4.69, 9.17) is 11.6 Å². The number of H-pyrrole nitrogens is 1. The molecule has 2 N–H and O–H groups in total. The monoisotopic (exact) mass is 468 g/mol. The van der Waals surface area contributed by atoms with Gasteiger partial charge in [-0.25, -0.2) is 15.0 Å². The lowest BCUT2D eigenvalue weighted by Gasteiger charge is -2.10. The summed E-state index contributed by atoms with van der Waals surface area (Å²) in [7, 11) is 0. The molecule has 6 aromatic rings. The Morgan fingerprint density at radius 1 is 0.941 bits per heavy atom. The Bertz CT molecular complexity index is 1670. The van der Waals surface area contributed by atoms with Gasteiger partial charge in [0.25, 0.3) is 5.56 Å². The number of fused-ring (bicyclic) bond motifs is 2. The Morgan fingerprint density at radius 3 is 2.59 bits per heavy atom. The Morgan fingerprint density at radius 2 is 1.76 bits per heavy atom. The van der Waals surface area contributed by atoms with Gasteiger partial charge in [0.15, 0.2) is 0 Å². The summed E-state index contributed by atoms with van der Waals surface area (Å²) in [5.74, 6) is 1.08. The Balaban J connectivity index is 1.21. The van der Waals surface area contributed by atoms with E-state index in [0.29, 0.717) is 18.2 Å². The average Bonchev–Trinajstić information content (AvgIpc) is 3.50. The summed E-state index contributed by atoms with van der Waals surface area (Å²) in [6.45, 7) is 0.424. The van der Waals surface area contributed by atoms with Gasteiger partial charge in [0.2, 0.25) is 5.95 Å². The number of hydrogen-bond donors (Lipinski definition) is 2. The number of anilines is 1. The number of pyridine rings is 1. The van der Waals surface area contributed by atoms with E-state index in [0.717, 1.165) is 38.1 Å². The Hall–Kier alpha value is -4.50. The molecule has 166 valence electrons. The van der Waals surface area contributed by atoms with Crippen LogP contribution < -0.4 is 10.9 Å². The van der Waals surface area contributed by atoms with Crippen LogP contribution in [0.2, 0.25) is 5.02 Å². The lowest BCUT2D eigenvalue weighted by molar-refractivity contribution is 0.767. The van der Waals surface area contributed by atoms with Crippen LogP contribution in [-0.2, 0) is 6.54 Å². The van der Waals surface area contributed by atoms with Gasteiger partial charge in [0.05, 0.1) is 34.0 Å². The molecule has 0 saturated heterocycles. The number of hydrogen-bond acceptors (Lipinski definition) is 6. The largest absolute Gasteiger partial charge is 0.378 e. The van der Waals surface area contributed by atoms with E-state index in [1.807, 2.05) is 65.2 Å². The molecule has 0 radical (unpaired) electrons. The minimum absolute atomic E-state index is 0.0323. The second-order valence-electron chi connectivity index (χ2n) is 7.65. The predicted molar refractivity (Wildman–Crippen MR) is 131 cm³/mol. The van der Waals surface area contributed by atoms with E-state index >= 15 is 0 Å². The van der Waals surface area contributed by atoms with Crippen LogP contribution >= 0.6 is 11.6 Å². The maximum absolute atomic E-state index is 12.8. The number of imidazole rings is 2. The molecule has 0 fully saturated rings. The molecular weight excluding hydrogens is 452 g/mol.